The van der Waals surface area contributed by atoms with Crippen molar-refractivity contribution in [3.8, 4) is 0 Å². The first-order valence-electron chi connectivity index (χ1n) is 9.75. The van der Waals surface area contributed by atoms with Crippen LogP contribution in [0.25, 0.3) is 11.0 Å². The van der Waals surface area contributed by atoms with Crippen molar-refractivity contribution in [2.75, 3.05) is 26.2 Å². The fourth-order valence-corrected chi connectivity index (χ4v) is 3.50. The molecule has 7 nitrogen and oxygen atoms in total. The summed E-state index contributed by atoms with van der Waals surface area (Å²) < 4.78 is 7.38. The molecule has 0 spiro atoms. The molecule has 146 valence electrons. The molecule has 1 aliphatic rings. The van der Waals surface area contributed by atoms with E-state index in [1.165, 1.54) is 0 Å². The van der Waals surface area contributed by atoms with E-state index in [9.17, 15) is 9.59 Å². The lowest BCUT2D eigenvalue weighted by Crippen LogP contribution is -2.36. The summed E-state index contributed by atoms with van der Waals surface area (Å²) in [6.07, 6.45) is 1.95. The van der Waals surface area contributed by atoms with Gasteiger partial charge in [0.2, 0.25) is 11.8 Å². The van der Waals surface area contributed by atoms with Gasteiger partial charge in [-0.25, -0.2) is 4.98 Å². The van der Waals surface area contributed by atoms with Gasteiger partial charge in [0.15, 0.2) is 0 Å². The molecule has 1 aromatic heterocycles. The Hall–Kier alpha value is -2.41. The molecule has 1 atom stereocenters. The number of likely N-dealkylation sites (N-methyl/N-ethyl adjacent to an activating group) is 1. The van der Waals surface area contributed by atoms with Crippen LogP contribution in [0.2, 0.25) is 0 Å². The first-order valence-corrected chi connectivity index (χ1v) is 9.75. The van der Waals surface area contributed by atoms with Crippen LogP contribution in [0, 0.1) is 0 Å². The molecule has 1 fully saturated rings. The third-order valence-electron chi connectivity index (χ3n) is 5.01. The van der Waals surface area contributed by atoms with Crippen LogP contribution in [0.5, 0.6) is 0 Å². The number of ether oxygens (including phenoxy) is 1. The average molecular weight is 372 g/mol. The molecule has 1 unspecified atom stereocenters. The van der Waals surface area contributed by atoms with Gasteiger partial charge in [-0.15, -0.1) is 0 Å². The van der Waals surface area contributed by atoms with Crippen LogP contribution in [0.1, 0.15) is 32.5 Å². The lowest BCUT2D eigenvalue weighted by Gasteiger charge is -2.20. The number of para-hydroxylation sites is 2. The average Bonchev–Trinajstić information content (AvgIpc) is 3.32. The van der Waals surface area contributed by atoms with Crippen LogP contribution in [0.4, 0.5) is 0 Å². The molecule has 2 heterocycles. The minimum Gasteiger partial charge on any atom is -0.368 e. The standard InChI is InChI=1S/C20H28N4O3/c1-3-23(4-2)19(25)14-24-16-9-6-5-8-15(16)22-18(24)11-12-21-20(26)17-10-7-13-27-17/h5-6,8-9,17H,3-4,7,10-14H2,1-2H3,(H,21,26). The van der Waals surface area contributed by atoms with Crippen molar-refractivity contribution in [2.45, 2.75) is 45.8 Å². The Labute approximate surface area is 159 Å². The number of nitrogens with one attached hydrogen (secondary N) is 1. The number of rotatable bonds is 8. The van der Waals surface area contributed by atoms with E-state index in [0.717, 1.165) is 29.7 Å². The lowest BCUT2D eigenvalue weighted by molar-refractivity contribution is -0.131. The van der Waals surface area contributed by atoms with E-state index < -0.39 is 0 Å². The first-order chi connectivity index (χ1) is 13.1. The molecule has 0 aliphatic carbocycles. The molecule has 0 saturated carbocycles. The van der Waals surface area contributed by atoms with Crippen molar-refractivity contribution >= 4 is 22.8 Å². The molecule has 3 rings (SSSR count). The van der Waals surface area contributed by atoms with Gasteiger partial charge in [0.1, 0.15) is 18.5 Å². The summed E-state index contributed by atoms with van der Waals surface area (Å²) in [5, 5.41) is 2.93. The normalized spacial score (nSPS) is 16.6. The van der Waals surface area contributed by atoms with Crippen molar-refractivity contribution in [1.29, 1.82) is 0 Å². The minimum absolute atomic E-state index is 0.0608. The summed E-state index contributed by atoms with van der Waals surface area (Å²) in [4.78, 5) is 31.2. The minimum atomic E-state index is -0.326. The van der Waals surface area contributed by atoms with Gasteiger partial charge in [-0.2, -0.15) is 0 Å². The number of carbonyl (C=O) groups excluding carboxylic acids is 2. The van der Waals surface area contributed by atoms with Crippen molar-refractivity contribution in [2.24, 2.45) is 0 Å². The van der Waals surface area contributed by atoms with E-state index >= 15 is 0 Å². The molecular weight excluding hydrogens is 344 g/mol. The maximum absolute atomic E-state index is 12.6. The number of fused-ring (bicyclic) bond motifs is 1. The number of nitrogens with zero attached hydrogens (tertiary/aromatic N) is 3. The third kappa shape index (κ3) is 4.47. The Bertz CT molecular complexity index is 792. The van der Waals surface area contributed by atoms with Crippen LogP contribution in [-0.2, 0) is 27.3 Å². The van der Waals surface area contributed by atoms with Gasteiger partial charge >= 0.3 is 0 Å². The highest BCUT2D eigenvalue weighted by Gasteiger charge is 2.23. The predicted octanol–water partition coefficient (Wildman–Crippen LogP) is 1.74. The highest BCUT2D eigenvalue weighted by Crippen LogP contribution is 2.17. The number of aromatic nitrogens is 2. The molecule has 7 heteroatoms. The number of imidazole rings is 1. The molecule has 2 aromatic rings. The zero-order valence-corrected chi connectivity index (χ0v) is 16.1. The highest BCUT2D eigenvalue weighted by atomic mass is 16.5. The molecular formula is C20H28N4O3. The number of amides is 2. The van der Waals surface area contributed by atoms with E-state index in [0.29, 0.717) is 32.7 Å². The Morgan fingerprint density at radius 3 is 2.78 bits per heavy atom. The van der Waals surface area contributed by atoms with E-state index in [1.54, 1.807) is 0 Å². The number of benzene rings is 1. The van der Waals surface area contributed by atoms with Gasteiger partial charge in [0, 0.05) is 32.7 Å². The largest absolute Gasteiger partial charge is 0.368 e. The monoisotopic (exact) mass is 372 g/mol. The third-order valence-corrected chi connectivity index (χ3v) is 5.01. The van der Waals surface area contributed by atoms with Crippen LogP contribution >= 0.6 is 0 Å². The summed E-state index contributed by atoms with van der Waals surface area (Å²) in [5.41, 5.74) is 1.81. The number of carbonyl (C=O) groups is 2. The predicted molar refractivity (Wildman–Crippen MR) is 103 cm³/mol. The summed E-state index contributed by atoms with van der Waals surface area (Å²) >= 11 is 0. The summed E-state index contributed by atoms with van der Waals surface area (Å²) in [7, 11) is 0. The molecule has 1 aliphatic heterocycles. The van der Waals surface area contributed by atoms with E-state index in [-0.39, 0.29) is 24.5 Å². The van der Waals surface area contributed by atoms with Crippen molar-refractivity contribution < 1.29 is 14.3 Å². The highest BCUT2D eigenvalue weighted by molar-refractivity contribution is 5.82. The van der Waals surface area contributed by atoms with Gasteiger partial charge in [0.25, 0.3) is 0 Å². The van der Waals surface area contributed by atoms with Crippen LogP contribution in [0.3, 0.4) is 0 Å². The zero-order valence-electron chi connectivity index (χ0n) is 16.1. The molecule has 1 saturated heterocycles. The van der Waals surface area contributed by atoms with Gasteiger partial charge < -0.3 is 19.5 Å². The summed E-state index contributed by atoms with van der Waals surface area (Å²) in [5.74, 6) is 0.825. The maximum Gasteiger partial charge on any atom is 0.249 e. The van der Waals surface area contributed by atoms with Crippen molar-refractivity contribution in [1.82, 2.24) is 19.8 Å². The van der Waals surface area contributed by atoms with Crippen molar-refractivity contribution in [3.05, 3.63) is 30.1 Å². The smallest absolute Gasteiger partial charge is 0.249 e. The molecule has 0 bridgehead atoms. The number of hydrogen-bond donors (Lipinski definition) is 1. The lowest BCUT2D eigenvalue weighted by atomic mass is 10.2. The fraction of sp³-hybridized carbons (Fsp3) is 0.550. The molecule has 2 amide bonds. The van der Waals surface area contributed by atoms with Gasteiger partial charge in [-0.3, -0.25) is 9.59 Å². The first kappa shape index (κ1) is 19.4. The second-order valence-electron chi connectivity index (χ2n) is 6.71. The summed E-state index contributed by atoms with van der Waals surface area (Å²) in [6.45, 7) is 6.73. The molecule has 1 N–H and O–H groups in total. The summed E-state index contributed by atoms with van der Waals surface area (Å²) in [6, 6.07) is 7.81. The molecule has 27 heavy (non-hydrogen) atoms. The second-order valence-corrected chi connectivity index (χ2v) is 6.71. The Kier molecular flexibility index (Phi) is 6.45. The van der Waals surface area contributed by atoms with Crippen LogP contribution < -0.4 is 5.32 Å². The van der Waals surface area contributed by atoms with Crippen LogP contribution in [0.15, 0.2) is 24.3 Å². The fourth-order valence-electron chi connectivity index (χ4n) is 3.50. The SMILES string of the molecule is CCN(CC)C(=O)Cn1c(CCNC(=O)C2CCCO2)nc2ccccc21. The van der Waals surface area contributed by atoms with Gasteiger partial charge in [-0.1, -0.05) is 12.1 Å². The quantitative estimate of drug-likeness (QED) is 0.766. The van der Waals surface area contributed by atoms with Gasteiger partial charge in [-0.05, 0) is 38.8 Å². The van der Waals surface area contributed by atoms with Crippen molar-refractivity contribution in [3.63, 3.8) is 0 Å². The van der Waals surface area contributed by atoms with E-state index in [4.69, 9.17) is 4.74 Å². The zero-order chi connectivity index (χ0) is 19.2. The number of hydrogen-bond acceptors (Lipinski definition) is 4. The Morgan fingerprint density at radius 2 is 2.07 bits per heavy atom. The Balaban J connectivity index is 1.71. The topological polar surface area (TPSA) is 76.5 Å². The van der Waals surface area contributed by atoms with Crippen LogP contribution in [-0.4, -0.2) is 58.6 Å². The van der Waals surface area contributed by atoms with E-state index in [1.807, 2.05) is 47.6 Å². The second kappa shape index (κ2) is 8.99. The molecule has 0 radical (unpaired) electrons. The Morgan fingerprint density at radius 1 is 1.30 bits per heavy atom. The maximum atomic E-state index is 12.6. The van der Waals surface area contributed by atoms with Gasteiger partial charge in [0.05, 0.1) is 11.0 Å². The molecule has 1 aromatic carbocycles. The van der Waals surface area contributed by atoms with E-state index in [2.05, 4.69) is 10.3 Å².